The summed E-state index contributed by atoms with van der Waals surface area (Å²) in [5, 5.41) is 9.56. The van der Waals surface area contributed by atoms with Gasteiger partial charge in [0.05, 0.1) is 23.7 Å². The molecule has 1 N–H and O–H groups in total. The Kier molecular flexibility index (Phi) is 5.12. The molecule has 3 heterocycles. The van der Waals surface area contributed by atoms with Crippen LogP contribution in [0.2, 0.25) is 0 Å². The molecule has 32 heavy (non-hydrogen) atoms. The zero-order valence-electron chi connectivity index (χ0n) is 18.9. The van der Waals surface area contributed by atoms with E-state index in [4.69, 9.17) is 14.5 Å². The number of aromatic nitrogens is 2. The van der Waals surface area contributed by atoms with E-state index in [0.717, 1.165) is 60.5 Å². The van der Waals surface area contributed by atoms with Crippen molar-refractivity contribution in [3.63, 3.8) is 0 Å². The quantitative estimate of drug-likeness (QED) is 0.646. The number of hydrogen-bond donors (Lipinski definition) is 1. The lowest BCUT2D eigenvalue weighted by Crippen LogP contribution is -2.32. The van der Waals surface area contributed by atoms with Crippen LogP contribution in [0.15, 0.2) is 23.1 Å². The van der Waals surface area contributed by atoms with Gasteiger partial charge >= 0.3 is 5.97 Å². The molecule has 2 saturated carbocycles. The molecule has 3 aliphatic rings. The maximum Gasteiger partial charge on any atom is 0.341 e. The molecule has 0 radical (unpaired) electrons. The standard InChI is InChI=1S/C25H30N2O5/c1-25(2)8-7-15-16-11-20(32-10-4-9-31-3)21(14-5-6-14)26-22(16)18-12-19(28)17(24(29)30)13-27(18)23(15)25/h11-15,23H,4-10H2,1-3H3,(H,29,30)/t15-,23?/m1/s1. The fourth-order valence-electron chi connectivity index (χ4n) is 5.57. The second-order valence-electron chi connectivity index (χ2n) is 10.0. The molecule has 0 saturated heterocycles. The van der Waals surface area contributed by atoms with Gasteiger partial charge in [-0.15, -0.1) is 0 Å². The zero-order chi connectivity index (χ0) is 22.6. The molecular weight excluding hydrogens is 408 g/mol. The van der Waals surface area contributed by atoms with E-state index in [0.29, 0.717) is 19.1 Å². The molecule has 7 nitrogen and oxygen atoms in total. The minimum Gasteiger partial charge on any atom is -0.492 e. The lowest BCUT2D eigenvalue weighted by Gasteiger charge is -2.39. The molecule has 0 spiro atoms. The van der Waals surface area contributed by atoms with E-state index in [1.54, 1.807) is 13.3 Å². The van der Waals surface area contributed by atoms with Crippen LogP contribution in [0.3, 0.4) is 0 Å². The van der Waals surface area contributed by atoms with Gasteiger partial charge in [-0.1, -0.05) is 13.8 Å². The fourth-order valence-corrected chi connectivity index (χ4v) is 5.57. The van der Waals surface area contributed by atoms with Crippen LogP contribution >= 0.6 is 0 Å². The van der Waals surface area contributed by atoms with Crippen LogP contribution in [0.1, 0.15) is 85.4 Å². The van der Waals surface area contributed by atoms with Gasteiger partial charge in [0.2, 0.25) is 0 Å². The first kappa shape index (κ1) is 21.2. The van der Waals surface area contributed by atoms with Gasteiger partial charge in [-0.3, -0.25) is 4.79 Å². The molecule has 0 bridgehead atoms. The number of rotatable bonds is 7. The summed E-state index contributed by atoms with van der Waals surface area (Å²) < 4.78 is 13.3. The van der Waals surface area contributed by atoms with Gasteiger partial charge in [0.15, 0.2) is 5.43 Å². The number of aromatic carboxylic acids is 1. The Balaban J connectivity index is 1.67. The molecule has 5 rings (SSSR count). The largest absolute Gasteiger partial charge is 0.492 e. The molecule has 2 aromatic rings. The zero-order valence-corrected chi connectivity index (χ0v) is 18.9. The average Bonchev–Trinajstić information content (AvgIpc) is 3.54. The Labute approximate surface area is 187 Å². The molecule has 2 aliphatic carbocycles. The summed E-state index contributed by atoms with van der Waals surface area (Å²) in [4.78, 5) is 29.4. The lowest BCUT2D eigenvalue weighted by molar-refractivity contribution is 0.0693. The van der Waals surface area contributed by atoms with Crippen molar-refractivity contribution in [2.45, 2.75) is 63.8 Å². The van der Waals surface area contributed by atoms with E-state index in [1.165, 1.54) is 6.07 Å². The van der Waals surface area contributed by atoms with E-state index in [1.807, 2.05) is 4.57 Å². The normalized spacial score (nSPS) is 22.7. The van der Waals surface area contributed by atoms with Gasteiger partial charge in [0.1, 0.15) is 11.3 Å². The highest BCUT2D eigenvalue weighted by molar-refractivity contribution is 5.87. The molecule has 0 amide bonds. The summed E-state index contributed by atoms with van der Waals surface area (Å²) in [5.41, 5.74) is 2.92. The van der Waals surface area contributed by atoms with Crippen molar-refractivity contribution in [2.75, 3.05) is 20.3 Å². The van der Waals surface area contributed by atoms with Gasteiger partial charge in [-0.2, -0.15) is 0 Å². The lowest BCUT2D eigenvalue weighted by atomic mass is 9.78. The fraction of sp³-hybridized carbons (Fsp3) is 0.560. The number of pyridine rings is 2. The highest BCUT2D eigenvalue weighted by Gasteiger charge is 2.48. The monoisotopic (exact) mass is 438 g/mol. The molecular formula is C25H30N2O5. The second-order valence-corrected chi connectivity index (χ2v) is 10.0. The Hall–Kier alpha value is -2.67. The number of methoxy groups -OCH3 is 1. The first-order valence-electron chi connectivity index (χ1n) is 11.5. The van der Waals surface area contributed by atoms with Gasteiger partial charge in [-0.05, 0) is 42.7 Å². The van der Waals surface area contributed by atoms with E-state index >= 15 is 0 Å². The van der Waals surface area contributed by atoms with Crippen LogP contribution in [-0.4, -0.2) is 41.0 Å². The predicted molar refractivity (Wildman–Crippen MR) is 120 cm³/mol. The van der Waals surface area contributed by atoms with Crippen molar-refractivity contribution in [1.29, 1.82) is 0 Å². The summed E-state index contributed by atoms with van der Waals surface area (Å²) in [6.07, 6.45) is 6.54. The minimum atomic E-state index is -1.19. The highest BCUT2D eigenvalue weighted by atomic mass is 16.5. The number of nitrogens with zero attached hydrogens (tertiary/aromatic N) is 2. The molecule has 2 fully saturated rings. The Bertz CT molecular complexity index is 1130. The third-order valence-corrected chi connectivity index (χ3v) is 7.29. The average molecular weight is 439 g/mol. The first-order valence-corrected chi connectivity index (χ1v) is 11.5. The van der Waals surface area contributed by atoms with Crippen molar-refractivity contribution < 1.29 is 19.4 Å². The summed E-state index contributed by atoms with van der Waals surface area (Å²) in [6, 6.07) is 3.69. The van der Waals surface area contributed by atoms with Gasteiger partial charge < -0.3 is 19.1 Å². The Morgan fingerprint density at radius 3 is 2.72 bits per heavy atom. The van der Waals surface area contributed by atoms with Crippen LogP contribution in [0.4, 0.5) is 0 Å². The number of fused-ring (bicyclic) bond motifs is 6. The van der Waals surface area contributed by atoms with Gasteiger partial charge in [-0.25, -0.2) is 9.78 Å². The summed E-state index contributed by atoms with van der Waals surface area (Å²) >= 11 is 0. The number of hydrogen-bond acceptors (Lipinski definition) is 5. The van der Waals surface area contributed by atoms with Crippen LogP contribution in [0.5, 0.6) is 5.75 Å². The van der Waals surface area contributed by atoms with E-state index in [-0.39, 0.29) is 22.9 Å². The van der Waals surface area contributed by atoms with Crippen molar-refractivity contribution in [3.8, 4) is 17.1 Å². The molecule has 1 unspecified atom stereocenters. The third-order valence-electron chi connectivity index (χ3n) is 7.29. The number of carbonyl (C=O) groups is 1. The molecule has 7 heteroatoms. The van der Waals surface area contributed by atoms with Gasteiger partial charge in [0, 0.05) is 50.3 Å². The Morgan fingerprint density at radius 2 is 2.03 bits per heavy atom. The Morgan fingerprint density at radius 1 is 1.25 bits per heavy atom. The molecule has 2 aromatic heterocycles. The van der Waals surface area contributed by atoms with E-state index in [9.17, 15) is 14.7 Å². The molecule has 2 atom stereocenters. The number of carboxylic acids is 1. The number of ether oxygens (including phenoxy) is 2. The predicted octanol–water partition coefficient (Wildman–Crippen LogP) is 4.36. The van der Waals surface area contributed by atoms with Crippen molar-refractivity contribution >= 4 is 5.97 Å². The maximum absolute atomic E-state index is 12.6. The van der Waals surface area contributed by atoms with Crippen LogP contribution in [-0.2, 0) is 4.74 Å². The second kappa shape index (κ2) is 7.73. The maximum atomic E-state index is 12.6. The van der Waals surface area contributed by atoms with Crippen molar-refractivity contribution in [3.05, 3.63) is 45.4 Å². The third kappa shape index (κ3) is 3.43. The molecule has 170 valence electrons. The summed E-state index contributed by atoms with van der Waals surface area (Å²) in [5.74, 6) is 0.256. The van der Waals surface area contributed by atoms with Crippen molar-refractivity contribution in [1.82, 2.24) is 9.55 Å². The van der Waals surface area contributed by atoms with Crippen LogP contribution < -0.4 is 10.2 Å². The molecule has 0 aromatic carbocycles. The molecule has 1 aliphatic heterocycles. The summed E-state index contributed by atoms with van der Waals surface area (Å²) in [7, 11) is 1.69. The first-order chi connectivity index (χ1) is 15.3. The van der Waals surface area contributed by atoms with Crippen LogP contribution in [0, 0.1) is 5.41 Å². The van der Waals surface area contributed by atoms with E-state index in [2.05, 4.69) is 19.9 Å². The smallest absolute Gasteiger partial charge is 0.341 e. The van der Waals surface area contributed by atoms with Crippen molar-refractivity contribution in [2.24, 2.45) is 5.41 Å². The minimum absolute atomic E-state index is 0.0312. The van der Waals surface area contributed by atoms with E-state index < -0.39 is 11.4 Å². The summed E-state index contributed by atoms with van der Waals surface area (Å²) in [6.45, 7) is 5.67. The topological polar surface area (TPSA) is 90.7 Å². The SMILES string of the molecule is COCCCOc1cc2c(nc1C1CC1)-c1cc(=O)c(C(=O)O)cn1C1[C@@H]2CCC1(C)C. The van der Waals surface area contributed by atoms with Crippen LogP contribution in [0.25, 0.3) is 11.4 Å². The highest BCUT2D eigenvalue weighted by Crippen LogP contribution is 2.59. The number of carboxylic acid groups (broad SMARTS) is 1. The van der Waals surface area contributed by atoms with Gasteiger partial charge in [0.25, 0.3) is 0 Å².